The van der Waals surface area contributed by atoms with Crippen LogP contribution in [0.15, 0.2) is 18.3 Å². The Labute approximate surface area is 211 Å². The fraction of sp³-hybridized carbons (Fsp3) is 0.538. The van der Waals surface area contributed by atoms with Gasteiger partial charge in [0.25, 0.3) is 5.91 Å². The number of nitriles is 1. The molecular weight excluding hydrogens is 460 g/mol. The molecule has 1 N–H and O–H groups in total. The number of methoxy groups -OCH3 is 2. The van der Waals surface area contributed by atoms with Gasteiger partial charge in [0.15, 0.2) is 11.5 Å². The van der Waals surface area contributed by atoms with Crippen LogP contribution in [0.25, 0.3) is 10.9 Å². The van der Waals surface area contributed by atoms with Gasteiger partial charge in [-0.25, -0.2) is 4.79 Å². The summed E-state index contributed by atoms with van der Waals surface area (Å²) in [7, 11) is 3.16. The molecule has 0 unspecified atom stereocenters. The van der Waals surface area contributed by atoms with E-state index in [2.05, 4.69) is 21.3 Å². The minimum absolute atomic E-state index is 0.104. The highest BCUT2D eigenvalue weighted by Crippen LogP contribution is 2.40. The van der Waals surface area contributed by atoms with Crippen molar-refractivity contribution in [1.29, 1.82) is 5.26 Å². The number of hydrogen-bond donors (Lipinski definition) is 1. The summed E-state index contributed by atoms with van der Waals surface area (Å²) in [6.45, 7) is 7.61. The Bertz CT molecular complexity index is 1180. The molecule has 4 rings (SSSR count). The molecule has 2 fully saturated rings. The summed E-state index contributed by atoms with van der Waals surface area (Å²) < 4.78 is 11.0. The van der Waals surface area contributed by atoms with Gasteiger partial charge >= 0.3 is 6.03 Å². The summed E-state index contributed by atoms with van der Waals surface area (Å²) in [5.74, 6) is 1.02. The predicted octanol–water partition coefficient (Wildman–Crippen LogP) is 2.87. The number of piperazine rings is 1. The van der Waals surface area contributed by atoms with E-state index in [9.17, 15) is 14.9 Å². The normalized spacial score (nSPS) is 17.5. The van der Waals surface area contributed by atoms with Crippen molar-refractivity contribution in [2.24, 2.45) is 5.41 Å². The molecule has 0 radical (unpaired) electrons. The first-order valence-electron chi connectivity index (χ1n) is 12.4. The smallest absolute Gasteiger partial charge is 0.317 e. The topological polar surface area (TPSA) is 111 Å². The number of nitrogens with one attached hydrogen (secondary N) is 1. The van der Waals surface area contributed by atoms with E-state index in [-0.39, 0.29) is 17.4 Å². The van der Waals surface area contributed by atoms with E-state index in [0.29, 0.717) is 81.2 Å². The number of anilines is 1. The first kappa shape index (κ1) is 25.4. The summed E-state index contributed by atoms with van der Waals surface area (Å²) in [6.07, 6.45) is 3.05. The maximum absolute atomic E-state index is 13.8. The van der Waals surface area contributed by atoms with Crippen molar-refractivity contribution in [2.45, 2.75) is 26.7 Å². The Hall–Kier alpha value is -3.74. The molecule has 2 saturated heterocycles. The molecule has 0 spiro atoms. The van der Waals surface area contributed by atoms with E-state index in [1.165, 1.54) is 0 Å². The molecule has 10 nitrogen and oxygen atoms in total. The van der Waals surface area contributed by atoms with Crippen LogP contribution in [0.4, 0.5) is 10.5 Å². The molecule has 3 heterocycles. The van der Waals surface area contributed by atoms with Crippen molar-refractivity contribution in [3.05, 3.63) is 23.9 Å². The molecule has 0 saturated carbocycles. The van der Waals surface area contributed by atoms with Crippen LogP contribution in [-0.4, -0.2) is 86.8 Å². The van der Waals surface area contributed by atoms with E-state index in [4.69, 9.17) is 9.47 Å². The van der Waals surface area contributed by atoms with Gasteiger partial charge in [0, 0.05) is 63.5 Å². The second-order valence-electron chi connectivity index (χ2n) is 9.52. The molecule has 36 heavy (non-hydrogen) atoms. The molecule has 3 amide bonds. The molecule has 1 aromatic heterocycles. The van der Waals surface area contributed by atoms with Crippen LogP contribution in [0.5, 0.6) is 11.5 Å². The van der Waals surface area contributed by atoms with Gasteiger partial charge in [-0.1, -0.05) is 0 Å². The molecule has 10 heteroatoms. The number of fused-ring (bicyclic) bond motifs is 1. The highest BCUT2D eigenvalue weighted by Gasteiger charge is 2.34. The van der Waals surface area contributed by atoms with Gasteiger partial charge in [-0.05, 0) is 32.8 Å². The lowest BCUT2D eigenvalue weighted by atomic mass is 9.81. The minimum Gasteiger partial charge on any atom is -0.493 e. The van der Waals surface area contributed by atoms with Crippen molar-refractivity contribution in [2.75, 3.05) is 64.9 Å². The first-order valence-corrected chi connectivity index (χ1v) is 12.4. The number of carbonyl (C=O) groups excluding carboxylic acids is 2. The second kappa shape index (κ2) is 10.5. The molecule has 2 aliphatic heterocycles. The van der Waals surface area contributed by atoms with Gasteiger partial charge in [0.2, 0.25) is 0 Å². The number of hydrogen-bond acceptors (Lipinski definition) is 7. The van der Waals surface area contributed by atoms with Crippen LogP contribution in [0.1, 0.15) is 37.0 Å². The third kappa shape index (κ3) is 4.83. The second-order valence-corrected chi connectivity index (χ2v) is 9.52. The number of piperidine rings is 1. The number of pyridine rings is 1. The van der Waals surface area contributed by atoms with Crippen molar-refractivity contribution in [3.8, 4) is 17.6 Å². The highest BCUT2D eigenvalue weighted by molar-refractivity contribution is 6.08. The van der Waals surface area contributed by atoms with Crippen LogP contribution < -0.4 is 19.7 Å². The largest absolute Gasteiger partial charge is 0.493 e. The fourth-order valence-corrected chi connectivity index (χ4v) is 4.88. The van der Waals surface area contributed by atoms with Crippen molar-refractivity contribution in [3.63, 3.8) is 0 Å². The van der Waals surface area contributed by atoms with E-state index in [1.54, 1.807) is 30.2 Å². The fourth-order valence-electron chi connectivity index (χ4n) is 4.88. The molecule has 1 aromatic carbocycles. The number of benzene rings is 1. The summed E-state index contributed by atoms with van der Waals surface area (Å²) in [6, 6.07) is 6.04. The maximum Gasteiger partial charge on any atom is 0.317 e. The Morgan fingerprint density at radius 1 is 1.06 bits per heavy atom. The number of amides is 3. The van der Waals surface area contributed by atoms with Crippen molar-refractivity contribution in [1.82, 2.24) is 20.1 Å². The Balaban J connectivity index is 1.71. The molecule has 0 aliphatic carbocycles. The zero-order valence-electron chi connectivity index (χ0n) is 21.5. The summed E-state index contributed by atoms with van der Waals surface area (Å²) in [4.78, 5) is 36.3. The first-order chi connectivity index (χ1) is 17.3. The zero-order chi connectivity index (χ0) is 25.9. The van der Waals surface area contributed by atoms with Crippen molar-refractivity contribution < 1.29 is 19.1 Å². The van der Waals surface area contributed by atoms with Crippen LogP contribution in [0.3, 0.4) is 0 Å². The summed E-state index contributed by atoms with van der Waals surface area (Å²) in [5.41, 5.74) is 1.65. The van der Waals surface area contributed by atoms with E-state index < -0.39 is 0 Å². The van der Waals surface area contributed by atoms with Gasteiger partial charge in [-0.15, -0.1) is 0 Å². The van der Waals surface area contributed by atoms with Crippen LogP contribution in [-0.2, 0) is 0 Å². The lowest BCUT2D eigenvalue weighted by molar-refractivity contribution is 0.0665. The van der Waals surface area contributed by atoms with E-state index in [0.717, 1.165) is 11.1 Å². The number of rotatable bonds is 5. The maximum atomic E-state index is 13.8. The van der Waals surface area contributed by atoms with Crippen molar-refractivity contribution >= 4 is 28.5 Å². The van der Waals surface area contributed by atoms with E-state index in [1.807, 2.05) is 26.0 Å². The molecule has 0 atom stereocenters. The minimum atomic E-state index is -0.375. The SMILES string of the molecule is CCNC(=O)N1CCN(C(=O)c2cnc3cc(OC)c(OC)cc3c2N2CCC(C)(C#N)CC2)CC1. The molecule has 192 valence electrons. The summed E-state index contributed by atoms with van der Waals surface area (Å²) in [5, 5.41) is 13.2. The van der Waals surface area contributed by atoms with Crippen LogP contribution in [0, 0.1) is 16.7 Å². The predicted molar refractivity (Wildman–Crippen MR) is 137 cm³/mol. The van der Waals surface area contributed by atoms with Gasteiger partial charge in [0.1, 0.15) is 0 Å². The van der Waals surface area contributed by atoms with Gasteiger partial charge in [0.05, 0.1) is 42.5 Å². The number of urea groups is 1. The third-order valence-electron chi connectivity index (χ3n) is 7.21. The quantitative estimate of drug-likeness (QED) is 0.680. The molecule has 2 aromatic rings. The number of aromatic nitrogens is 1. The molecule has 0 bridgehead atoms. The van der Waals surface area contributed by atoms with Gasteiger partial charge in [-0.3, -0.25) is 9.78 Å². The highest BCUT2D eigenvalue weighted by atomic mass is 16.5. The Morgan fingerprint density at radius 2 is 1.67 bits per heavy atom. The molecule has 2 aliphatic rings. The van der Waals surface area contributed by atoms with E-state index >= 15 is 0 Å². The van der Waals surface area contributed by atoms with Crippen LogP contribution in [0.2, 0.25) is 0 Å². The Morgan fingerprint density at radius 3 is 2.25 bits per heavy atom. The average Bonchev–Trinajstić information content (AvgIpc) is 2.92. The standard InChI is InChI=1S/C26H34N6O4/c1-5-28-25(34)32-12-10-31(11-13-32)24(33)19-16-29-20-15-22(36-4)21(35-3)14-18(20)23(19)30-8-6-26(2,17-27)7-9-30/h14-16H,5-13H2,1-4H3,(H,28,34). The number of ether oxygens (including phenoxy) is 2. The lowest BCUT2D eigenvalue weighted by Crippen LogP contribution is -2.53. The monoisotopic (exact) mass is 494 g/mol. The Kier molecular flexibility index (Phi) is 7.38. The molecular formula is C26H34N6O4. The summed E-state index contributed by atoms with van der Waals surface area (Å²) >= 11 is 0. The van der Waals surface area contributed by atoms with Crippen LogP contribution >= 0.6 is 0 Å². The number of nitrogens with zero attached hydrogens (tertiary/aromatic N) is 5. The van der Waals surface area contributed by atoms with Gasteiger partial charge < -0.3 is 29.5 Å². The van der Waals surface area contributed by atoms with Gasteiger partial charge in [-0.2, -0.15) is 5.26 Å². The average molecular weight is 495 g/mol. The zero-order valence-corrected chi connectivity index (χ0v) is 21.5. The lowest BCUT2D eigenvalue weighted by Gasteiger charge is -2.39. The number of carbonyl (C=O) groups is 2. The third-order valence-corrected chi connectivity index (χ3v) is 7.21.